The molecule has 0 spiro atoms. The van der Waals surface area contributed by atoms with E-state index >= 15 is 0 Å². The van der Waals surface area contributed by atoms with Crippen LogP contribution < -0.4 is 10.1 Å². The zero-order chi connectivity index (χ0) is 19.2. The molecule has 1 aromatic heterocycles. The summed E-state index contributed by atoms with van der Waals surface area (Å²) in [4.78, 5) is 16.8. The number of nitrogens with one attached hydrogen (secondary N) is 1. The van der Waals surface area contributed by atoms with E-state index in [1.165, 1.54) is 5.56 Å². The average molecular weight is 372 g/mol. The standard InChI is InChI=1S/C24H24N2O2/c27-23(26-18-24(13-14-24)22-12-6-7-15-25-22)17-28-21-11-5-4-10-20(21)16-19-8-2-1-3-9-19/h1-12,15H,13-14,16-18H2,(H,26,27). The fourth-order valence-corrected chi connectivity index (χ4v) is 3.42. The summed E-state index contributed by atoms with van der Waals surface area (Å²) in [7, 11) is 0. The van der Waals surface area contributed by atoms with Crippen LogP contribution in [-0.2, 0) is 16.6 Å². The number of carbonyl (C=O) groups excluding carboxylic acids is 1. The lowest BCUT2D eigenvalue weighted by Gasteiger charge is -2.16. The van der Waals surface area contributed by atoms with Crippen LogP contribution >= 0.6 is 0 Å². The summed E-state index contributed by atoms with van der Waals surface area (Å²) < 4.78 is 5.83. The van der Waals surface area contributed by atoms with Gasteiger partial charge in [0, 0.05) is 30.3 Å². The number of nitrogens with zero attached hydrogens (tertiary/aromatic N) is 1. The lowest BCUT2D eigenvalue weighted by molar-refractivity contribution is -0.123. The first kappa shape index (κ1) is 18.2. The molecule has 4 rings (SSSR count). The average Bonchev–Trinajstić information content (AvgIpc) is 3.54. The van der Waals surface area contributed by atoms with Crippen LogP contribution in [0.2, 0.25) is 0 Å². The number of para-hydroxylation sites is 1. The second-order valence-electron chi connectivity index (χ2n) is 7.33. The number of hydrogen-bond donors (Lipinski definition) is 1. The summed E-state index contributed by atoms with van der Waals surface area (Å²) in [5.41, 5.74) is 3.36. The van der Waals surface area contributed by atoms with Gasteiger partial charge in [-0.1, -0.05) is 54.6 Å². The third-order valence-corrected chi connectivity index (χ3v) is 5.25. The molecule has 0 unspecified atom stereocenters. The highest BCUT2D eigenvalue weighted by Crippen LogP contribution is 2.46. The molecule has 0 saturated heterocycles. The van der Waals surface area contributed by atoms with Gasteiger partial charge in [0.15, 0.2) is 6.61 Å². The Hall–Kier alpha value is -3.14. The monoisotopic (exact) mass is 372 g/mol. The molecule has 2 aromatic carbocycles. The van der Waals surface area contributed by atoms with Crippen molar-refractivity contribution in [2.45, 2.75) is 24.7 Å². The lowest BCUT2D eigenvalue weighted by atomic mass is 10.0. The van der Waals surface area contributed by atoms with Crippen LogP contribution in [0.25, 0.3) is 0 Å². The van der Waals surface area contributed by atoms with Crippen molar-refractivity contribution < 1.29 is 9.53 Å². The van der Waals surface area contributed by atoms with E-state index in [0.717, 1.165) is 36.3 Å². The van der Waals surface area contributed by atoms with Crippen LogP contribution in [0.3, 0.4) is 0 Å². The Balaban J connectivity index is 1.32. The van der Waals surface area contributed by atoms with E-state index < -0.39 is 0 Å². The molecule has 1 fully saturated rings. The van der Waals surface area contributed by atoms with Crippen LogP contribution in [0.1, 0.15) is 29.7 Å². The fraction of sp³-hybridized carbons (Fsp3) is 0.250. The molecular formula is C24H24N2O2. The highest BCUT2D eigenvalue weighted by Gasteiger charge is 2.45. The largest absolute Gasteiger partial charge is 0.483 e. The Bertz CT molecular complexity index is 922. The number of amides is 1. The molecule has 28 heavy (non-hydrogen) atoms. The Morgan fingerprint density at radius 2 is 1.71 bits per heavy atom. The van der Waals surface area contributed by atoms with Gasteiger partial charge in [0.05, 0.1) is 0 Å². The minimum atomic E-state index is -0.100. The molecule has 0 aliphatic heterocycles. The topological polar surface area (TPSA) is 51.2 Å². The molecule has 1 saturated carbocycles. The third kappa shape index (κ3) is 4.39. The van der Waals surface area contributed by atoms with Crippen LogP contribution in [0.4, 0.5) is 0 Å². The maximum atomic E-state index is 12.3. The number of hydrogen-bond acceptors (Lipinski definition) is 3. The molecule has 1 amide bonds. The van der Waals surface area contributed by atoms with E-state index in [0.29, 0.717) is 6.54 Å². The highest BCUT2D eigenvalue weighted by molar-refractivity contribution is 5.77. The Morgan fingerprint density at radius 3 is 2.46 bits per heavy atom. The van der Waals surface area contributed by atoms with Crippen molar-refractivity contribution >= 4 is 5.91 Å². The first-order chi connectivity index (χ1) is 13.8. The van der Waals surface area contributed by atoms with Gasteiger partial charge in [0.1, 0.15) is 5.75 Å². The second-order valence-corrected chi connectivity index (χ2v) is 7.33. The normalized spacial score (nSPS) is 14.3. The van der Waals surface area contributed by atoms with Crippen molar-refractivity contribution in [3.8, 4) is 5.75 Å². The summed E-state index contributed by atoms with van der Waals surface area (Å²) in [5.74, 6) is 0.657. The molecule has 0 atom stereocenters. The van der Waals surface area contributed by atoms with Crippen molar-refractivity contribution in [3.05, 3.63) is 95.8 Å². The molecule has 1 aliphatic carbocycles. The molecule has 0 radical (unpaired) electrons. The molecule has 3 aromatic rings. The van der Waals surface area contributed by atoms with Gasteiger partial charge in [0.25, 0.3) is 5.91 Å². The lowest BCUT2D eigenvalue weighted by Crippen LogP contribution is -2.35. The number of rotatable bonds is 8. The summed E-state index contributed by atoms with van der Waals surface area (Å²) in [6.45, 7) is 0.627. The van der Waals surface area contributed by atoms with Crippen LogP contribution in [0.5, 0.6) is 5.75 Å². The van der Waals surface area contributed by atoms with Crippen molar-refractivity contribution in [1.29, 1.82) is 0 Å². The van der Waals surface area contributed by atoms with Crippen molar-refractivity contribution in [1.82, 2.24) is 10.3 Å². The molecule has 4 heteroatoms. The zero-order valence-corrected chi connectivity index (χ0v) is 15.8. The molecule has 1 heterocycles. The molecule has 1 aliphatic rings. The number of pyridine rings is 1. The molecule has 1 N–H and O–H groups in total. The van der Waals surface area contributed by atoms with Crippen LogP contribution in [0, 0.1) is 0 Å². The first-order valence-electron chi connectivity index (χ1n) is 9.68. The predicted molar refractivity (Wildman–Crippen MR) is 109 cm³/mol. The number of benzene rings is 2. The van der Waals surface area contributed by atoms with E-state index in [1.54, 1.807) is 0 Å². The van der Waals surface area contributed by atoms with E-state index in [1.807, 2.05) is 66.9 Å². The summed E-state index contributed by atoms with van der Waals surface area (Å²) in [6, 6.07) is 24.1. The quantitative estimate of drug-likeness (QED) is 0.652. The van der Waals surface area contributed by atoms with Crippen molar-refractivity contribution in [2.75, 3.05) is 13.2 Å². The number of ether oxygens (including phenoxy) is 1. The van der Waals surface area contributed by atoms with Gasteiger partial charge >= 0.3 is 0 Å². The van der Waals surface area contributed by atoms with Gasteiger partial charge in [-0.2, -0.15) is 0 Å². The number of aromatic nitrogens is 1. The van der Waals surface area contributed by atoms with Crippen LogP contribution in [-0.4, -0.2) is 24.0 Å². The Kier molecular flexibility index (Phi) is 5.38. The molecule has 4 nitrogen and oxygen atoms in total. The highest BCUT2D eigenvalue weighted by atomic mass is 16.5. The van der Waals surface area contributed by atoms with Crippen molar-refractivity contribution in [3.63, 3.8) is 0 Å². The van der Waals surface area contributed by atoms with Gasteiger partial charge in [0.2, 0.25) is 0 Å². The van der Waals surface area contributed by atoms with Gasteiger partial charge in [-0.05, 0) is 42.2 Å². The Labute approximate surface area is 165 Å². The summed E-state index contributed by atoms with van der Waals surface area (Å²) in [6.07, 6.45) is 4.71. The SMILES string of the molecule is O=C(COc1ccccc1Cc1ccccc1)NCC1(c2ccccn2)CC1. The minimum absolute atomic E-state index is 0.00212. The fourth-order valence-electron chi connectivity index (χ4n) is 3.42. The third-order valence-electron chi connectivity index (χ3n) is 5.25. The van der Waals surface area contributed by atoms with E-state index in [4.69, 9.17) is 4.74 Å². The number of carbonyl (C=O) groups is 1. The smallest absolute Gasteiger partial charge is 0.257 e. The van der Waals surface area contributed by atoms with E-state index in [2.05, 4.69) is 22.4 Å². The molecular weight excluding hydrogens is 348 g/mol. The van der Waals surface area contributed by atoms with Gasteiger partial charge in [-0.3, -0.25) is 9.78 Å². The maximum Gasteiger partial charge on any atom is 0.257 e. The molecule has 142 valence electrons. The summed E-state index contributed by atoms with van der Waals surface area (Å²) in [5, 5.41) is 3.02. The van der Waals surface area contributed by atoms with Gasteiger partial charge in [-0.15, -0.1) is 0 Å². The maximum absolute atomic E-state index is 12.3. The van der Waals surface area contributed by atoms with Gasteiger partial charge in [-0.25, -0.2) is 0 Å². The molecule has 0 bridgehead atoms. The van der Waals surface area contributed by atoms with Crippen LogP contribution in [0.15, 0.2) is 79.0 Å². The minimum Gasteiger partial charge on any atom is -0.483 e. The zero-order valence-electron chi connectivity index (χ0n) is 15.8. The van der Waals surface area contributed by atoms with E-state index in [9.17, 15) is 4.79 Å². The Morgan fingerprint density at radius 1 is 0.964 bits per heavy atom. The van der Waals surface area contributed by atoms with E-state index in [-0.39, 0.29) is 17.9 Å². The van der Waals surface area contributed by atoms with Crippen molar-refractivity contribution in [2.24, 2.45) is 0 Å². The summed E-state index contributed by atoms with van der Waals surface area (Å²) >= 11 is 0. The van der Waals surface area contributed by atoms with Gasteiger partial charge < -0.3 is 10.1 Å². The second kappa shape index (κ2) is 8.26. The predicted octanol–water partition coefficient (Wildman–Crippen LogP) is 3.90. The first-order valence-corrected chi connectivity index (χ1v) is 9.68.